The van der Waals surface area contributed by atoms with Crippen molar-refractivity contribution in [2.75, 3.05) is 20.8 Å². The Kier molecular flexibility index (Phi) is 5.25. The van der Waals surface area contributed by atoms with Gasteiger partial charge in [-0.15, -0.1) is 0 Å². The smallest absolute Gasteiger partial charge is 0.166 e. The molecule has 1 heterocycles. The summed E-state index contributed by atoms with van der Waals surface area (Å²) in [5.41, 5.74) is 7.87. The highest BCUT2D eigenvalue weighted by Crippen LogP contribution is 2.34. The van der Waals surface area contributed by atoms with Crippen molar-refractivity contribution in [3.63, 3.8) is 0 Å². The molecule has 134 valence electrons. The Labute approximate surface area is 148 Å². The molecule has 1 aliphatic rings. The lowest BCUT2D eigenvalue weighted by Crippen LogP contribution is -3.14. The quantitative estimate of drug-likeness (QED) is 0.854. The zero-order valence-electron chi connectivity index (χ0n) is 15.1. The van der Waals surface area contributed by atoms with Crippen LogP contribution in [0, 0.1) is 5.82 Å². The van der Waals surface area contributed by atoms with Crippen LogP contribution < -0.4 is 20.1 Å². The Bertz CT molecular complexity index is 748. The predicted octanol–water partition coefficient (Wildman–Crippen LogP) is 1.16. The van der Waals surface area contributed by atoms with Crippen molar-refractivity contribution in [2.24, 2.45) is 0 Å². The molecule has 5 heteroatoms. The molecular weight excluding hydrogens is 319 g/mol. The summed E-state index contributed by atoms with van der Waals surface area (Å²) in [6, 6.07) is 11.5. The highest BCUT2D eigenvalue weighted by molar-refractivity contribution is 5.49. The Morgan fingerprint density at radius 3 is 2.56 bits per heavy atom. The van der Waals surface area contributed by atoms with E-state index in [9.17, 15) is 4.39 Å². The first kappa shape index (κ1) is 17.7. The number of benzene rings is 2. The van der Waals surface area contributed by atoms with Crippen LogP contribution in [-0.2, 0) is 13.0 Å². The second kappa shape index (κ2) is 7.42. The molecule has 0 bridgehead atoms. The number of hydrogen-bond acceptors (Lipinski definition) is 2. The molecule has 2 aromatic carbocycles. The van der Waals surface area contributed by atoms with Crippen molar-refractivity contribution in [1.82, 2.24) is 0 Å². The van der Waals surface area contributed by atoms with Crippen molar-refractivity contribution >= 4 is 0 Å². The van der Waals surface area contributed by atoms with E-state index in [0.717, 1.165) is 36.6 Å². The Balaban J connectivity index is 1.96. The van der Waals surface area contributed by atoms with Crippen molar-refractivity contribution in [3.8, 4) is 11.5 Å². The van der Waals surface area contributed by atoms with Crippen molar-refractivity contribution < 1.29 is 24.5 Å². The molecule has 1 unspecified atom stereocenters. The van der Waals surface area contributed by atoms with Gasteiger partial charge in [0.15, 0.2) is 17.5 Å². The molecule has 4 nitrogen and oxygen atoms in total. The van der Waals surface area contributed by atoms with Gasteiger partial charge in [0.1, 0.15) is 18.4 Å². The van der Waals surface area contributed by atoms with E-state index < -0.39 is 0 Å². The van der Waals surface area contributed by atoms with Crippen LogP contribution in [0.1, 0.15) is 29.7 Å². The van der Waals surface area contributed by atoms with Gasteiger partial charge in [0.05, 0.1) is 20.8 Å². The van der Waals surface area contributed by atoms with Crippen LogP contribution in [0.3, 0.4) is 0 Å². The number of halogens is 1. The summed E-state index contributed by atoms with van der Waals surface area (Å²) in [5.74, 6) is 1.34. The summed E-state index contributed by atoms with van der Waals surface area (Å²) < 4.78 is 24.5. The fourth-order valence-electron chi connectivity index (χ4n) is 3.93. The summed E-state index contributed by atoms with van der Waals surface area (Å²) in [6.45, 7) is 3.92. The average molecular weight is 346 g/mol. The number of quaternary nitrogens is 2. The molecule has 0 spiro atoms. The topological polar surface area (TPSA) is 50.5 Å². The molecule has 0 aliphatic carbocycles. The van der Waals surface area contributed by atoms with Gasteiger partial charge < -0.3 is 20.1 Å². The third kappa shape index (κ3) is 3.62. The van der Waals surface area contributed by atoms with Gasteiger partial charge in [-0.1, -0.05) is 12.1 Å². The number of fused-ring (bicyclic) bond motifs is 1. The fourth-order valence-corrected chi connectivity index (χ4v) is 3.93. The number of rotatable bonds is 5. The third-order valence-electron chi connectivity index (χ3n) is 5.02. The van der Waals surface area contributed by atoms with Crippen LogP contribution in [-0.4, -0.2) is 26.8 Å². The second-order valence-corrected chi connectivity index (χ2v) is 6.83. The van der Waals surface area contributed by atoms with Crippen LogP contribution in [0.15, 0.2) is 36.4 Å². The number of hydrogen-bond donors (Lipinski definition) is 2. The molecule has 0 saturated carbocycles. The first-order valence-electron chi connectivity index (χ1n) is 8.70. The minimum absolute atomic E-state index is 0.181. The predicted molar refractivity (Wildman–Crippen MR) is 94.3 cm³/mol. The highest BCUT2D eigenvalue weighted by Gasteiger charge is 2.36. The van der Waals surface area contributed by atoms with Crippen molar-refractivity contribution in [2.45, 2.75) is 32.0 Å². The summed E-state index contributed by atoms with van der Waals surface area (Å²) in [7, 11) is 3.32. The van der Waals surface area contributed by atoms with Crippen LogP contribution >= 0.6 is 0 Å². The molecule has 0 saturated heterocycles. The summed E-state index contributed by atoms with van der Waals surface area (Å²) in [6.07, 6.45) is 0.962. The minimum Gasteiger partial charge on any atom is -0.493 e. The number of ether oxygens (including phenoxy) is 2. The Morgan fingerprint density at radius 1 is 1.20 bits per heavy atom. The monoisotopic (exact) mass is 346 g/mol. The molecule has 0 amide bonds. The fraction of sp³-hybridized carbons (Fsp3) is 0.400. The van der Waals surface area contributed by atoms with Gasteiger partial charge in [0.2, 0.25) is 0 Å². The molecule has 1 aliphatic heterocycles. The minimum atomic E-state index is -0.181. The van der Waals surface area contributed by atoms with Gasteiger partial charge in [0, 0.05) is 17.5 Å². The molecule has 3 atom stereocenters. The molecule has 4 N–H and O–H groups in total. The zero-order chi connectivity index (χ0) is 18.0. The van der Waals surface area contributed by atoms with Crippen molar-refractivity contribution in [3.05, 3.63) is 58.9 Å². The van der Waals surface area contributed by atoms with E-state index in [-0.39, 0.29) is 17.9 Å². The lowest BCUT2D eigenvalue weighted by Gasteiger charge is -2.35. The first-order chi connectivity index (χ1) is 12.0. The SMILES string of the molecule is COc1cc2c(cc1OC)[C@H]([C@H](C)[NH3+])[NH+](Cc1cccc(F)c1)CC2. The van der Waals surface area contributed by atoms with Gasteiger partial charge in [-0.25, -0.2) is 4.39 Å². The third-order valence-corrected chi connectivity index (χ3v) is 5.02. The maximum Gasteiger partial charge on any atom is 0.166 e. The van der Waals surface area contributed by atoms with E-state index in [1.807, 2.05) is 6.07 Å². The second-order valence-electron chi connectivity index (χ2n) is 6.83. The summed E-state index contributed by atoms with van der Waals surface area (Å²) >= 11 is 0. The lowest BCUT2D eigenvalue weighted by atomic mass is 9.88. The maximum absolute atomic E-state index is 13.5. The standard InChI is InChI=1S/C20H25FN2O2/c1-13(22)20-17-11-19(25-3)18(24-2)10-15(17)7-8-23(20)12-14-5-4-6-16(21)9-14/h4-6,9-11,13,20H,7-8,12,22H2,1-3H3/p+2/t13-,20-/m0/s1. The van der Waals surface area contributed by atoms with Gasteiger partial charge in [0.25, 0.3) is 0 Å². The normalized spacial score (nSPS) is 20.7. The van der Waals surface area contributed by atoms with Gasteiger partial charge in [-0.3, -0.25) is 0 Å². The average Bonchev–Trinajstić information content (AvgIpc) is 2.60. The van der Waals surface area contributed by atoms with Crippen LogP contribution in [0.4, 0.5) is 4.39 Å². The Hall–Kier alpha value is -2.11. The molecule has 3 rings (SSSR count). The van der Waals surface area contributed by atoms with Crippen LogP contribution in [0.5, 0.6) is 11.5 Å². The van der Waals surface area contributed by atoms with E-state index in [0.29, 0.717) is 0 Å². The van der Waals surface area contributed by atoms with Crippen LogP contribution in [0.2, 0.25) is 0 Å². The van der Waals surface area contributed by atoms with E-state index in [4.69, 9.17) is 9.47 Å². The molecule has 0 aromatic heterocycles. The highest BCUT2D eigenvalue weighted by atomic mass is 19.1. The summed E-state index contributed by atoms with van der Waals surface area (Å²) in [4.78, 5) is 1.41. The molecule has 2 aromatic rings. The lowest BCUT2D eigenvalue weighted by molar-refractivity contribution is -0.957. The molecule has 25 heavy (non-hydrogen) atoms. The largest absolute Gasteiger partial charge is 0.493 e. The molecular formula is C20H27FN2O2+2. The van der Waals surface area contributed by atoms with Gasteiger partial charge in [-0.2, -0.15) is 0 Å². The van der Waals surface area contributed by atoms with Crippen LogP contribution in [0.25, 0.3) is 0 Å². The molecule has 0 fully saturated rings. The zero-order valence-corrected chi connectivity index (χ0v) is 15.1. The number of nitrogens with one attached hydrogen (secondary N) is 1. The van der Waals surface area contributed by atoms with E-state index in [1.165, 1.54) is 22.1 Å². The Morgan fingerprint density at radius 2 is 1.92 bits per heavy atom. The number of methoxy groups -OCH3 is 2. The van der Waals surface area contributed by atoms with Crippen molar-refractivity contribution in [1.29, 1.82) is 0 Å². The first-order valence-corrected chi connectivity index (χ1v) is 8.70. The van der Waals surface area contributed by atoms with E-state index in [2.05, 4.69) is 24.8 Å². The van der Waals surface area contributed by atoms with E-state index >= 15 is 0 Å². The van der Waals surface area contributed by atoms with Gasteiger partial charge in [-0.05, 0) is 36.8 Å². The molecule has 0 radical (unpaired) electrons. The van der Waals surface area contributed by atoms with Gasteiger partial charge >= 0.3 is 0 Å². The van der Waals surface area contributed by atoms with E-state index in [1.54, 1.807) is 26.4 Å². The summed E-state index contributed by atoms with van der Waals surface area (Å²) in [5, 5.41) is 0. The maximum atomic E-state index is 13.5.